The Morgan fingerprint density at radius 2 is 1.81 bits per heavy atom. The molecule has 1 N–H and O–H groups in total. The molecule has 1 saturated heterocycles. The second-order valence-electron chi connectivity index (χ2n) is 6.28. The van der Waals surface area contributed by atoms with Gasteiger partial charge in [-0.3, -0.25) is 4.79 Å². The fourth-order valence-electron chi connectivity index (χ4n) is 2.94. The smallest absolute Gasteiger partial charge is 0.254 e. The monoisotopic (exact) mass is 392 g/mol. The molecule has 144 valence electrons. The number of ether oxygens (including phenoxy) is 1. The molecular weight excluding hydrogens is 371 g/mol. The van der Waals surface area contributed by atoms with E-state index < -0.39 is 21.7 Å². The fraction of sp³-hybridized carbons (Fsp3) is 0.316. The van der Waals surface area contributed by atoms with E-state index in [2.05, 4.69) is 5.32 Å². The minimum Gasteiger partial charge on any atom is -0.497 e. The molecular formula is C19H21FN2O4S. The SMILES string of the molecule is COc1ccc(CNC(=O)c2cc(S(=O)(=O)N3CCCC3)ccc2F)cc1. The first-order valence-corrected chi connectivity index (χ1v) is 10.1. The van der Waals surface area contributed by atoms with Crippen LogP contribution in [-0.4, -0.2) is 38.8 Å². The van der Waals surface area contributed by atoms with E-state index >= 15 is 0 Å². The fourth-order valence-corrected chi connectivity index (χ4v) is 4.48. The van der Waals surface area contributed by atoms with Crippen LogP contribution in [0.3, 0.4) is 0 Å². The first-order valence-electron chi connectivity index (χ1n) is 8.62. The Morgan fingerprint density at radius 3 is 2.44 bits per heavy atom. The second-order valence-corrected chi connectivity index (χ2v) is 8.22. The van der Waals surface area contributed by atoms with E-state index in [0.717, 1.165) is 30.5 Å². The highest BCUT2D eigenvalue weighted by atomic mass is 32.2. The Morgan fingerprint density at radius 1 is 1.15 bits per heavy atom. The van der Waals surface area contributed by atoms with Crippen LogP contribution >= 0.6 is 0 Å². The third-order valence-electron chi connectivity index (χ3n) is 4.50. The van der Waals surface area contributed by atoms with Gasteiger partial charge < -0.3 is 10.1 Å². The van der Waals surface area contributed by atoms with E-state index in [1.54, 1.807) is 31.4 Å². The molecule has 6 nitrogen and oxygen atoms in total. The van der Waals surface area contributed by atoms with Crippen molar-refractivity contribution in [3.05, 3.63) is 59.4 Å². The van der Waals surface area contributed by atoms with Crippen molar-refractivity contribution in [3.8, 4) is 5.75 Å². The molecule has 2 aromatic rings. The van der Waals surface area contributed by atoms with Gasteiger partial charge in [-0.15, -0.1) is 0 Å². The molecule has 3 rings (SSSR count). The molecule has 0 aromatic heterocycles. The zero-order valence-corrected chi connectivity index (χ0v) is 15.8. The van der Waals surface area contributed by atoms with E-state index in [4.69, 9.17) is 4.74 Å². The van der Waals surface area contributed by atoms with Crippen LogP contribution in [0.25, 0.3) is 0 Å². The van der Waals surface area contributed by atoms with Crippen molar-refractivity contribution >= 4 is 15.9 Å². The largest absolute Gasteiger partial charge is 0.497 e. The topological polar surface area (TPSA) is 75.7 Å². The Hall–Kier alpha value is -2.45. The molecule has 2 aromatic carbocycles. The number of halogens is 1. The summed E-state index contributed by atoms with van der Waals surface area (Å²) in [6.07, 6.45) is 1.60. The average Bonchev–Trinajstić information content (AvgIpc) is 3.22. The van der Waals surface area contributed by atoms with E-state index in [9.17, 15) is 17.6 Å². The quantitative estimate of drug-likeness (QED) is 0.820. The summed E-state index contributed by atoms with van der Waals surface area (Å²) < 4.78 is 45.8. The number of hydrogen-bond donors (Lipinski definition) is 1. The van der Waals surface area contributed by atoms with E-state index in [1.165, 1.54) is 10.4 Å². The molecule has 1 aliphatic heterocycles. The number of carbonyl (C=O) groups is 1. The average molecular weight is 392 g/mol. The third kappa shape index (κ3) is 4.28. The summed E-state index contributed by atoms with van der Waals surface area (Å²) in [4.78, 5) is 12.3. The Balaban J connectivity index is 1.75. The van der Waals surface area contributed by atoms with Crippen molar-refractivity contribution in [2.45, 2.75) is 24.3 Å². The van der Waals surface area contributed by atoms with Crippen LogP contribution < -0.4 is 10.1 Å². The van der Waals surface area contributed by atoms with Gasteiger partial charge in [0.1, 0.15) is 11.6 Å². The van der Waals surface area contributed by atoms with Gasteiger partial charge in [0.15, 0.2) is 0 Å². The van der Waals surface area contributed by atoms with Crippen molar-refractivity contribution in [1.82, 2.24) is 9.62 Å². The number of nitrogens with zero attached hydrogens (tertiary/aromatic N) is 1. The molecule has 0 aliphatic carbocycles. The number of rotatable bonds is 6. The molecule has 0 atom stereocenters. The van der Waals surface area contributed by atoms with Gasteiger partial charge in [0.05, 0.1) is 17.6 Å². The lowest BCUT2D eigenvalue weighted by Crippen LogP contribution is -2.29. The predicted octanol–water partition coefficient (Wildman–Crippen LogP) is 2.55. The summed E-state index contributed by atoms with van der Waals surface area (Å²) in [5.41, 5.74) is 0.522. The highest BCUT2D eigenvalue weighted by Crippen LogP contribution is 2.23. The van der Waals surface area contributed by atoms with Gasteiger partial charge in [-0.05, 0) is 48.7 Å². The van der Waals surface area contributed by atoms with Crippen LogP contribution in [0.4, 0.5) is 4.39 Å². The van der Waals surface area contributed by atoms with Gasteiger partial charge in [-0.2, -0.15) is 4.31 Å². The lowest BCUT2D eigenvalue weighted by atomic mass is 10.1. The van der Waals surface area contributed by atoms with Crippen LogP contribution in [0.1, 0.15) is 28.8 Å². The molecule has 0 spiro atoms. The molecule has 1 aliphatic rings. The number of sulfonamides is 1. The number of nitrogens with one attached hydrogen (secondary N) is 1. The maximum absolute atomic E-state index is 14.1. The summed E-state index contributed by atoms with van der Waals surface area (Å²) in [6.45, 7) is 1.07. The summed E-state index contributed by atoms with van der Waals surface area (Å²) in [5.74, 6) is -0.736. The maximum atomic E-state index is 14.1. The van der Waals surface area contributed by atoms with Crippen molar-refractivity contribution in [2.75, 3.05) is 20.2 Å². The van der Waals surface area contributed by atoms with E-state index in [0.29, 0.717) is 18.8 Å². The third-order valence-corrected chi connectivity index (χ3v) is 6.39. The second kappa shape index (κ2) is 8.06. The van der Waals surface area contributed by atoms with Crippen LogP contribution in [-0.2, 0) is 16.6 Å². The van der Waals surface area contributed by atoms with Crippen LogP contribution in [0, 0.1) is 5.82 Å². The van der Waals surface area contributed by atoms with Crippen molar-refractivity contribution in [3.63, 3.8) is 0 Å². The maximum Gasteiger partial charge on any atom is 0.254 e. The van der Waals surface area contributed by atoms with Crippen LogP contribution in [0.5, 0.6) is 5.75 Å². The number of hydrogen-bond acceptors (Lipinski definition) is 4. The predicted molar refractivity (Wildman–Crippen MR) is 98.6 cm³/mol. The van der Waals surface area contributed by atoms with Crippen molar-refractivity contribution in [2.24, 2.45) is 0 Å². The van der Waals surface area contributed by atoms with Crippen molar-refractivity contribution in [1.29, 1.82) is 0 Å². The van der Waals surface area contributed by atoms with Gasteiger partial charge in [-0.1, -0.05) is 12.1 Å². The molecule has 0 bridgehead atoms. The molecule has 0 unspecified atom stereocenters. The molecule has 1 amide bonds. The van der Waals surface area contributed by atoms with E-state index in [1.807, 2.05) is 0 Å². The first-order chi connectivity index (χ1) is 12.9. The number of benzene rings is 2. The summed E-state index contributed by atoms with van der Waals surface area (Å²) in [5, 5.41) is 2.61. The summed E-state index contributed by atoms with van der Waals surface area (Å²) in [7, 11) is -2.16. The van der Waals surface area contributed by atoms with Gasteiger partial charge in [-0.25, -0.2) is 12.8 Å². The Kier molecular flexibility index (Phi) is 5.76. The highest BCUT2D eigenvalue weighted by molar-refractivity contribution is 7.89. The molecule has 8 heteroatoms. The van der Waals surface area contributed by atoms with Crippen molar-refractivity contribution < 1.29 is 22.3 Å². The molecule has 1 fully saturated rings. The van der Waals surface area contributed by atoms with Gasteiger partial charge >= 0.3 is 0 Å². The zero-order valence-electron chi connectivity index (χ0n) is 14.9. The molecule has 1 heterocycles. The summed E-state index contributed by atoms with van der Waals surface area (Å²) >= 11 is 0. The van der Waals surface area contributed by atoms with Gasteiger partial charge in [0.2, 0.25) is 10.0 Å². The molecule has 27 heavy (non-hydrogen) atoms. The van der Waals surface area contributed by atoms with E-state index in [-0.39, 0.29) is 17.0 Å². The summed E-state index contributed by atoms with van der Waals surface area (Å²) in [6, 6.07) is 10.4. The van der Waals surface area contributed by atoms with Gasteiger partial charge in [0.25, 0.3) is 5.91 Å². The number of amides is 1. The lowest BCUT2D eigenvalue weighted by molar-refractivity contribution is 0.0946. The Labute approximate surface area is 158 Å². The minimum absolute atomic E-state index is 0.0691. The van der Waals surface area contributed by atoms with Crippen LogP contribution in [0.15, 0.2) is 47.4 Å². The number of methoxy groups -OCH3 is 1. The minimum atomic E-state index is -3.71. The zero-order chi connectivity index (χ0) is 19.4. The normalized spacial score (nSPS) is 14.9. The molecule has 0 saturated carbocycles. The number of carbonyl (C=O) groups excluding carboxylic acids is 1. The highest BCUT2D eigenvalue weighted by Gasteiger charge is 2.28. The molecule has 0 radical (unpaired) electrons. The van der Waals surface area contributed by atoms with Gasteiger partial charge in [0, 0.05) is 19.6 Å². The Bertz CT molecular complexity index is 923. The van der Waals surface area contributed by atoms with Crippen LogP contribution in [0.2, 0.25) is 0 Å². The first kappa shape index (κ1) is 19.3. The lowest BCUT2D eigenvalue weighted by Gasteiger charge is -2.16. The standard InChI is InChI=1S/C19H21FN2O4S/c1-26-15-6-4-14(5-7-15)13-21-19(23)17-12-16(8-9-18(17)20)27(24,25)22-10-2-3-11-22/h4-9,12H,2-3,10-11,13H2,1H3,(H,21,23).